The predicted octanol–water partition coefficient (Wildman–Crippen LogP) is 5.93. The summed E-state index contributed by atoms with van der Waals surface area (Å²) in [5.74, 6) is 0.0233. The van der Waals surface area contributed by atoms with Gasteiger partial charge < -0.3 is 14.4 Å². The molecule has 222 valence electrons. The van der Waals surface area contributed by atoms with Gasteiger partial charge in [-0.15, -0.1) is 0 Å². The molecule has 9 heteroatoms. The number of nitrogens with zero attached hydrogens (tertiary/aromatic N) is 3. The van der Waals surface area contributed by atoms with Crippen LogP contribution in [0.1, 0.15) is 29.7 Å². The van der Waals surface area contributed by atoms with Gasteiger partial charge in [0.25, 0.3) is 5.56 Å². The Balaban J connectivity index is 1.71. The van der Waals surface area contributed by atoms with Gasteiger partial charge in [-0.3, -0.25) is 9.36 Å². The lowest BCUT2D eigenvalue weighted by atomic mass is 9.89. The van der Waals surface area contributed by atoms with Crippen LogP contribution in [0, 0.1) is 0 Å². The van der Waals surface area contributed by atoms with Gasteiger partial charge in [0.15, 0.2) is 4.80 Å². The molecule has 0 bridgehead atoms. The first-order chi connectivity index (χ1) is 21.3. The summed E-state index contributed by atoms with van der Waals surface area (Å²) in [5.41, 5.74) is 3.83. The minimum absolute atomic E-state index is 0.173. The number of esters is 1. The number of aromatic nitrogens is 1. The molecule has 0 fully saturated rings. The van der Waals surface area contributed by atoms with Crippen molar-refractivity contribution in [1.82, 2.24) is 4.57 Å². The van der Waals surface area contributed by atoms with E-state index in [1.807, 2.05) is 110 Å². The zero-order chi connectivity index (χ0) is 31.0. The molecule has 0 saturated carbocycles. The Bertz CT molecular complexity index is 2120. The van der Waals surface area contributed by atoms with Crippen molar-refractivity contribution in [3.8, 4) is 5.75 Å². The monoisotopic (exact) mass is 667 g/mol. The van der Waals surface area contributed by atoms with Crippen LogP contribution in [0.3, 0.4) is 0 Å². The van der Waals surface area contributed by atoms with Crippen LogP contribution in [0.5, 0.6) is 5.75 Å². The highest BCUT2D eigenvalue weighted by atomic mass is 79.9. The number of halogens is 1. The standard InChI is InChI=1S/C35H30BrN3O4S/c1-5-43-34(41)30-31(23-12-7-6-8-13-23)37-35-39(32(30)29-24-14-10-9-11-22(24)16-18-27(29)42-4)33(40)28(44-35)20-21-15-17-26(38(2)3)25(36)19-21/h6-20,32H,5H2,1-4H3. The second-order valence-electron chi connectivity index (χ2n) is 10.4. The second kappa shape index (κ2) is 12.3. The summed E-state index contributed by atoms with van der Waals surface area (Å²) in [7, 11) is 5.55. The van der Waals surface area contributed by atoms with Crippen molar-refractivity contribution >= 4 is 61.5 Å². The Morgan fingerprint density at radius 3 is 2.50 bits per heavy atom. The molecular weight excluding hydrogens is 638 g/mol. The van der Waals surface area contributed by atoms with Gasteiger partial charge >= 0.3 is 5.97 Å². The van der Waals surface area contributed by atoms with E-state index < -0.39 is 12.0 Å². The van der Waals surface area contributed by atoms with Crippen LogP contribution in [-0.2, 0) is 9.53 Å². The summed E-state index contributed by atoms with van der Waals surface area (Å²) < 4.78 is 14.6. The van der Waals surface area contributed by atoms with Crippen molar-refractivity contribution in [3.05, 3.63) is 131 Å². The largest absolute Gasteiger partial charge is 0.496 e. The number of hydrogen-bond donors (Lipinski definition) is 0. The maximum absolute atomic E-state index is 14.4. The first-order valence-electron chi connectivity index (χ1n) is 14.1. The number of ether oxygens (including phenoxy) is 2. The van der Waals surface area contributed by atoms with E-state index in [1.165, 1.54) is 11.3 Å². The number of methoxy groups -OCH3 is 1. The van der Waals surface area contributed by atoms with Gasteiger partial charge in [0.1, 0.15) is 11.8 Å². The van der Waals surface area contributed by atoms with Gasteiger partial charge in [-0.25, -0.2) is 9.79 Å². The van der Waals surface area contributed by atoms with Gasteiger partial charge in [0.2, 0.25) is 0 Å². The van der Waals surface area contributed by atoms with E-state index in [9.17, 15) is 9.59 Å². The molecule has 4 aromatic carbocycles. The molecule has 0 spiro atoms. The maximum atomic E-state index is 14.4. The van der Waals surface area contributed by atoms with Gasteiger partial charge in [0.05, 0.1) is 35.2 Å². The fourth-order valence-electron chi connectivity index (χ4n) is 5.58. The molecule has 0 radical (unpaired) electrons. The lowest BCUT2D eigenvalue weighted by Crippen LogP contribution is -2.40. The average molecular weight is 669 g/mol. The minimum Gasteiger partial charge on any atom is -0.496 e. The number of thiazole rings is 1. The molecule has 5 aromatic rings. The first kappa shape index (κ1) is 29.6. The van der Waals surface area contributed by atoms with Crippen molar-refractivity contribution in [2.75, 3.05) is 32.7 Å². The van der Waals surface area contributed by atoms with Gasteiger partial charge in [0, 0.05) is 29.7 Å². The number of hydrogen-bond acceptors (Lipinski definition) is 7. The van der Waals surface area contributed by atoms with Gasteiger partial charge in [-0.1, -0.05) is 78.1 Å². The third-order valence-corrected chi connectivity index (χ3v) is 9.17. The molecule has 0 amide bonds. The molecule has 6 rings (SSSR count). The molecule has 1 aromatic heterocycles. The zero-order valence-electron chi connectivity index (χ0n) is 24.7. The van der Waals surface area contributed by atoms with Gasteiger partial charge in [-0.05, 0) is 63.5 Å². The summed E-state index contributed by atoms with van der Waals surface area (Å²) in [4.78, 5) is 35.8. The summed E-state index contributed by atoms with van der Waals surface area (Å²) in [6.45, 7) is 1.94. The van der Waals surface area contributed by atoms with Crippen LogP contribution in [0.25, 0.3) is 22.5 Å². The SMILES string of the molecule is CCOC(=O)C1=C(c2ccccc2)N=c2sc(=Cc3ccc(N(C)C)c(Br)c3)c(=O)n2C1c1c(OC)ccc2ccccc12. The van der Waals surface area contributed by atoms with Crippen LogP contribution in [0.4, 0.5) is 5.69 Å². The van der Waals surface area contributed by atoms with Crippen LogP contribution in [0.15, 0.2) is 105 Å². The third-order valence-electron chi connectivity index (χ3n) is 7.55. The summed E-state index contributed by atoms with van der Waals surface area (Å²) in [6, 6.07) is 26.4. The van der Waals surface area contributed by atoms with Crippen LogP contribution >= 0.6 is 27.3 Å². The molecule has 0 N–H and O–H groups in total. The van der Waals surface area contributed by atoms with E-state index >= 15 is 0 Å². The lowest BCUT2D eigenvalue weighted by Gasteiger charge is -2.28. The van der Waals surface area contributed by atoms with Crippen molar-refractivity contribution < 1.29 is 14.3 Å². The van der Waals surface area contributed by atoms with Crippen molar-refractivity contribution in [1.29, 1.82) is 0 Å². The average Bonchev–Trinajstić information content (AvgIpc) is 3.34. The van der Waals surface area contributed by atoms with Crippen LogP contribution < -0.4 is 24.5 Å². The zero-order valence-corrected chi connectivity index (χ0v) is 27.1. The van der Waals surface area contributed by atoms with Crippen molar-refractivity contribution in [3.63, 3.8) is 0 Å². The molecule has 2 heterocycles. The van der Waals surface area contributed by atoms with E-state index in [1.54, 1.807) is 18.6 Å². The summed E-state index contributed by atoms with van der Waals surface area (Å²) in [5, 5.41) is 1.82. The first-order valence-corrected chi connectivity index (χ1v) is 15.7. The number of benzene rings is 4. The molecule has 1 aliphatic rings. The Hall–Kier alpha value is -4.47. The Morgan fingerprint density at radius 2 is 1.80 bits per heavy atom. The van der Waals surface area contributed by atoms with E-state index in [0.717, 1.165) is 32.1 Å². The van der Waals surface area contributed by atoms with Crippen LogP contribution in [-0.4, -0.2) is 38.3 Å². The molecule has 0 saturated heterocycles. The van der Waals surface area contributed by atoms with Gasteiger partial charge in [-0.2, -0.15) is 0 Å². The second-order valence-corrected chi connectivity index (χ2v) is 12.3. The molecule has 0 aliphatic carbocycles. The topological polar surface area (TPSA) is 73.1 Å². The van der Waals surface area contributed by atoms with Crippen LogP contribution in [0.2, 0.25) is 0 Å². The third kappa shape index (κ3) is 5.27. The normalized spacial score (nSPS) is 14.8. The minimum atomic E-state index is -0.855. The molecule has 1 unspecified atom stereocenters. The van der Waals surface area contributed by atoms with Crippen molar-refractivity contribution in [2.45, 2.75) is 13.0 Å². The number of anilines is 1. The Kier molecular flexibility index (Phi) is 8.25. The smallest absolute Gasteiger partial charge is 0.338 e. The van der Waals surface area contributed by atoms with E-state index in [0.29, 0.717) is 26.3 Å². The lowest BCUT2D eigenvalue weighted by molar-refractivity contribution is -0.138. The molecule has 44 heavy (non-hydrogen) atoms. The maximum Gasteiger partial charge on any atom is 0.338 e. The highest BCUT2D eigenvalue weighted by molar-refractivity contribution is 9.10. The molecule has 1 atom stereocenters. The number of rotatable bonds is 7. The Morgan fingerprint density at radius 1 is 1.05 bits per heavy atom. The van der Waals surface area contributed by atoms with E-state index in [2.05, 4.69) is 15.9 Å². The quantitative estimate of drug-likeness (QED) is 0.201. The highest BCUT2D eigenvalue weighted by Crippen LogP contribution is 2.42. The van der Waals surface area contributed by atoms with Crippen molar-refractivity contribution in [2.24, 2.45) is 4.99 Å². The van der Waals surface area contributed by atoms with E-state index in [-0.39, 0.29) is 17.7 Å². The predicted molar refractivity (Wildman–Crippen MR) is 180 cm³/mol. The number of carbonyl (C=O) groups is 1. The molecule has 7 nitrogen and oxygen atoms in total. The summed E-state index contributed by atoms with van der Waals surface area (Å²) >= 11 is 4.95. The molecular formula is C35H30BrN3O4S. The van der Waals surface area contributed by atoms with E-state index in [4.69, 9.17) is 14.5 Å². The Labute approximate surface area is 267 Å². The molecule has 1 aliphatic heterocycles. The fraction of sp³-hybridized carbons (Fsp3) is 0.171. The number of carbonyl (C=O) groups excluding carboxylic acids is 1. The highest BCUT2D eigenvalue weighted by Gasteiger charge is 2.37. The number of fused-ring (bicyclic) bond motifs is 2. The fourth-order valence-corrected chi connectivity index (χ4v) is 7.33. The summed E-state index contributed by atoms with van der Waals surface area (Å²) in [6.07, 6.45) is 1.86.